The van der Waals surface area contributed by atoms with E-state index in [0.29, 0.717) is 17.7 Å². The molecule has 0 radical (unpaired) electrons. The van der Waals surface area contributed by atoms with E-state index in [0.717, 1.165) is 5.82 Å². The second-order valence-electron chi connectivity index (χ2n) is 5.15. The van der Waals surface area contributed by atoms with Gasteiger partial charge in [-0.05, 0) is 27.0 Å². The van der Waals surface area contributed by atoms with Crippen LogP contribution in [0.25, 0.3) is 0 Å². The molecule has 1 N–H and O–H groups in total. The van der Waals surface area contributed by atoms with Gasteiger partial charge >= 0.3 is 0 Å². The molecule has 0 bridgehead atoms. The van der Waals surface area contributed by atoms with Crippen LogP contribution < -0.4 is 10.1 Å². The van der Waals surface area contributed by atoms with E-state index in [1.807, 2.05) is 25.6 Å². The quantitative estimate of drug-likeness (QED) is 0.889. The number of nitrogens with zero attached hydrogens (tertiary/aromatic N) is 3. The molecule has 0 saturated carbocycles. The molecule has 0 aliphatic heterocycles. The molecular formula is C15H21FN4O. The first kappa shape index (κ1) is 15.4. The second-order valence-corrected chi connectivity index (χ2v) is 5.15. The maximum absolute atomic E-state index is 14.2. The number of nitrogens with one attached hydrogen (secondary N) is 1. The standard InChI is InChI=1S/C15H21FN4O/c1-10(2)20-15(18-9-19-20)8-14(17-3)12-6-5-11(21-4)7-13(12)16/h5-7,9-10,14,17H,8H2,1-4H3. The monoisotopic (exact) mass is 292 g/mol. The lowest BCUT2D eigenvalue weighted by atomic mass is 10.0. The van der Waals surface area contributed by atoms with Gasteiger partial charge < -0.3 is 10.1 Å². The normalized spacial score (nSPS) is 12.7. The van der Waals surface area contributed by atoms with Crippen molar-refractivity contribution in [3.63, 3.8) is 0 Å². The third-order valence-electron chi connectivity index (χ3n) is 3.45. The zero-order valence-corrected chi connectivity index (χ0v) is 12.8. The summed E-state index contributed by atoms with van der Waals surface area (Å²) in [6.45, 7) is 4.08. The minimum atomic E-state index is -0.288. The highest BCUT2D eigenvalue weighted by Crippen LogP contribution is 2.24. The molecule has 0 aliphatic carbocycles. The third-order valence-corrected chi connectivity index (χ3v) is 3.45. The van der Waals surface area contributed by atoms with Crippen LogP contribution in [0, 0.1) is 5.82 Å². The molecule has 2 aromatic rings. The fourth-order valence-corrected chi connectivity index (χ4v) is 2.32. The van der Waals surface area contributed by atoms with Gasteiger partial charge in [-0.25, -0.2) is 14.1 Å². The van der Waals surface area contributed by atoms with Gasteiger partial charge in [0, 0.05) is 30.1 Å². The van der Waals surface area contributed by atoms with E-state index in [9.17, 15) is 4.39 Å². The zero-order valence-electron chi connectivity index (χ0n) is 12.8. The van der Waals surface area contributed by atoms with Gasteiger partial charge in [-0.1, -0.05) is 6.07 Å². The minimum Gasteiger partial charge on any atom is -0.497 e. The first-order valence-corrected chi connectivity index (χ1v) is 6.96. The van der Waals surface area contributed by atoms with Crippen molar-refractivity contribution in [1.29, 1.82) is 0 Å². The zero-order chi connectivity index (χ0) is 15.4. The summed E-state index contributed by atoms with van der Waals surface area (Å²) in [5, 5.41) is 7.35. The highest BCUT2D eigenvalue weighted by Gasteiger charge is 2.19. The average Bonchev–Trinajstić information content (AvgIpc) is 2.93. The highest BCUT2D eigenvalue weighted by molar-refractivity contribution is 5.31. The second kappa shape index (κ2) is 6.67. The van der Waals surface area contributed by atoms with Crippen molar-refractivity contribution in [2.45, 2.75) is 32.4 Å². The maximum Gasteiger partial charge on any atom is 0.138 e. The maximum atomic E-state index is 14.2. The van der Waals surface area contributed by atoms with Gasteiger partial charge in [-0.2, -0.15) is 5.10 Å². The summed E-state index contributed by atoms with van der Waals surface area (Å²) in [5.74, 6) is 1.06. The van der Waals surface area contributed by atoms with Crippen molar-refractivity contribution in [2.75, 3.05) is 14.2 Å². The number of aromatic nitrogens is 3. The number of hydrogen-bond acceptors (Lipinski definition) is 4. The number of rotatable bonds is 6. The predicted octanol–water partition coefficient (Wildman–Crippen LogP) is 2.51. The van der Waals surface area contributed by atoms with E-state index in [4.69, 9.17) is 4.74 Å². The van der Waals surface area contributed by atoms with Crippen LogP contribution in [-0.4, -0.2) is 28.9 Å². The molecule has 5 nitrogen and oxygen atoms in total. The summed E-state index contributed by atoms with van der Waals surface area (Å²) in [4.78, 5) is 4.28. The Balaban J connectivity index is 2.26. The summed E-state index contributed by atoms with van der Waals surface area (Å²) < 4.78 is 21.1. The van der Waals surface area contributed by atoms with E-state index in [-0.39, 0.29) is 17.9 Å². The molecule has 0 fully saturated rings. The molecule has 1 aromatic heterocycles. The number of hydrogen-bond donors (Lipinski definition) is 1. The fraction of sp³-hybridized carbons (Fsp3) is 0.467. The lowest BCUT2D eigenvalue weighted by Crippen LogP contribution is -2.22. The molecule has 1 aromatic carbocycles. The molecule has 0 spiro atoms. The summed E-state index contributed by atoms with van der Waals surface area (Å²) in [5.41, 5.74) is 0.594. The Bertz CT molecular complexity index is 597. The molecule has 1 atom stereocenters. The van der Waals surface area contributed by atoms with Gasteiger partial charge in [-0.15, -0.1) is 0 Å². The molecule has 6 heteroatoms. The van der Waals surface area contributed by atoms with Gasteiger partial charge in [0.15, 0.2) is 0 Å². The van der Waals surface area contributed by atoms with Crippen LogP contribution in [0.5, 0.6) is 5.75 Å². The molecule has 2 rings (SSSR count). The van der Waals surface area contributed by atoms with Crippen LogP contribution in [0.1, 0.15) is 37.3 Å². The van der Waals surface area contributed by atoms with Crippen LogP contribution in [-0.2, 0) is 6.42 Å². The first-order chi connectivity index (χ1) is 10.1. The Morgan fingerprint density at radius 2 is 2.14 bits per heavy atom. The number of likely N-dealkylation sites (N-methyl/N-ethyl adjacent to an activating group) is 1. The number of benzene rings is 1. The molecule has 0 amide bonds. The minimum absolute atomic E-state index is 0.169. The molecule has 1 unspecified atom stereocenters. The molecule has 0 aliphatic rings. The summed E-state index contributed by atoms with van der Waals surface area (Å²) in [7, 11) is 3.33. The van der Waals surface area contributed by atoms with Crippen molar-refractivity contribution in [2.24, 2.45) is 0 Å². The SMILES string of the molecule is CNC(Cc1ncnn1C(C)C)c1ccc(OC)cc1F. The number of ether oxygens (including phenoxy) is 1. The lowest BCUT2D eigenvalue weighted by molar-refractivity contribution is 0.409. The Kier molecular flexibility index (Phi) is 4.90. The molecular weight excluding hydrogens is 271 g/mol. The van der Waals surface area contributed by atoms with Gasteiger partial charge in [-0.3, -0.25) is 0 Å². The van der Waals surface area contributed by atoms with Crippen molar-refractivity contribution < 1.29 is 9.13 Å². The first-order valence-electron chi connectivity index (χ1n) is 6.96. The van der Waals surface area contributed by atoms with Gasteiger partial charge in [0.25, 0.3) is 0 Å². The van der Waals surface area contributed by atoms with E-state index in [1.165, 1.54) is 19.5 Å². The summed E-state index contributed by atoms with van der Waals surface area (Å²) in [6.07, 6.45) is 2.10. The van der Waals surface area contributed by atoms with E-state index >= 15 is 0 Å². The Morgan fingerprint density at radius 1 is 1.38 bits per heavy atom. The van der Waals surface area contributed by atoms with Crippen molar-refractivity contribution >= 4 is 0 Å². The largest absolute Gasteiger partial charge is 0.497 e. The van der Waals surface area contributed by atoms with Crippen molar-refractivity contribution in [3.8, 4) is 5.75 Å². The highest BCUT2D eigenvalue weighted by atomic mass is 19.1. The molecule has 21 heavy (non-hydrogen) atoms. The van der Waals surface area contributed by atoms with Crippen LogP contribution >= 0.6 is 0 Å². The van der Waals surface area contributed by atoms with Crippen LogP contribution in [0.2, 0.25) is 0 Å². The van der Waals surface area contributed by atoms with E-state index in [2.05, 4.69) is 15.4 Å². The molecule has 0 saturated heterocycles. The van der Waals surface area contributed by atoms with Crippen LogP contribution in [0.15, 0.2) is 24.5 Å². The topological polar surface area (TPSA) is 52.0 Å². The van der Waals surface area contributed by atoms with Gasteiger partial charge in [0.2, 0.25) is 0 Å². The Labute approximate surface area is 124 Å². The Hall–Kier alpha value is -1.95. The van der Waals surface area contributed by atoms with Crippen molar-refractivity contribution in [3.05, 3.63) is 41.7 Å². The van der Waals surface area contributed by atoms with E-state index in [1.54, 1.807) is 12.1 Å². The third kappa shape index (κ3) is 3.39. The lowest BCUT2D eigenvalue weighted by Gasteiger charge is -2.18. The predicted molar refractivity (Wildman–Crippen MR) is 78.9 cm³/mol. The molecule has 1 heterocycles. The molecule has 114 valence electrons. The van der Waals surface area contributed by atoms with Gasteiger partial charge in [0.1, 0.15) is 23.7 Å². The van der Waals surface area contributed by atoms with E-state index < -0.39 is 0 Å². The van der Waals surface area contributed by atoms with Gasteiger partial charge in [0.05, 0.1) is 7.11 Å². The van der Waals surface area contributed by atoms with Crippen molar-refractivity contribution in [1.82, 2.24) is 20.1 Å². The summed E-state index contributed by atoms with van der Waals surface area (Å²) in [6, 6.07) is 4.95. The summed E-state index contributed by atoms with van der Waals surface area (Å²) >= 11 is 0. The smallest absolute Gasteiger partial charge is 0.138 e. The van der Waals surface area contributed by atoms with Crippen LogP contribution in [0.4, 0.5) is 4.39 Å². The fourth-order valence-electron chi connectivity index (χ4n) is 2.32. The number of methoxy groups -OCH3 is 1. The Morgan fingerprint density at radius 3 is 2.71 bits per heavy atom. The number of halogens is 1. The van der Waals surface area contributed by atoms with Crippen LogP contribution in [0.3, 0.4) is 0 Å². The average molecular weight is 292 g/mol.